The third-order valence-electron chi connectivity index (χ3n) is 3.85. The van der Waals surface area contributed by atoms with Crippen molar-refractivity contribution in [1.29, 1.82) is 0 Å². The topological polar surface area (TPSA) is 64.6 Å². The highest BCUT2D eigenvalue weighted by molar-refractivity contribution is 6.35. The average molecular weight is 404 g/mol. The first-order valence-electron chi connectivity index (χ1n) is 7.97. The maximum Gasteiger partial charge on any atom is 0.339 e. The Hall–Kier alpha value is -2.76. The Balaban J connectivity index is 1.76. The van der Waals surface area contributed by atoms with Crippen molar-refractivity contribution in [2.45, 2.75) is 0 Å². The molecule has 138 valence electrons. The highest BCUT2D eigenvalue weighted by Gasteiger charge is 2.15. The van der Waals surface area contributed by atoms with Gasteiger partial charge in [0.15, 0.2) is 6.61 Å². The lowest BCUT2D eigenvalue weighted by molar-refractivity contribution is -0.118. The first-order valence-corrected chi connectivity index (χ1v) is 8.73. The second kappa shape index (κ2) is 8.29. The summed E-state index contributed by atoms with van der Waals surface area (Å²) in [4.78, 5) is 24.1. The van der Waals surface area contributed by atoms with Crippen LogP contribution < -0.4 is 10.1 Å². The lowest BCUT2D eigenvalue weighted by Gasteiger charge is -2.12. The van der Waals surface area contributed by atoms with Gasteiger partial charge < -0.3 is 14.8 Å². The van der Waals surface area contributed by atoms with Crippen molar-refractivity contribution in [3.05, 3.63) is 70.2 Å². The van der Waals surface area contributed by atoms with E-state index in [1.807, 2.05) is 24.3 Å². The van der Waals surface area contributed by atoms with Gasteiger partial charge >= 0.3 is 5.97 Å². The first kappa shape index (κ1) is 19.0. The van der Waals surface area contributed by atoms with Gasteiger partial charge in [0, 0.05) is 20.8 Å². The van der Waals surface area contributed by atoms with Gasteiger partial charge in [-0.15, -0.1) is 0 Å². The van der Waals surface area contributed by atoms with E-state index in [9.17, 15) is 9.59 Å². The van der Waals surface area contributed by atoms with Crippen LogP contribution in [0.15, 0.2) is 54.6 Å². The molecule has 3 aromatic rings. The normalized spacial score (nSPS) is 10.5. The molecule has 0 aliphatic heterocycles. The molecule has 0 bridgehead atoms. The van der Waals surface area contributed by atoms with Gasteiger partial charge in [0.2, 0.25) is 0 Å². The molecular formula is C20H15Cl2NO4. The largest absolute Gasteiger partial charge is 0.483 e. The molecule has 3 aromatic carbocycles. The van der Waals surface area contributed by atoms with Crippen molar-refractivity contribution in [2.24, 2.45) is 0 Å². The number of anilines is 1. The molecular weight excluding hydrogens is 389 g/mol. The average Bonchev–Trinajstić information content (AvgIpc) is 2.67. The van der Waals surface area contributed by atoms with Gasteiger partial charge in [-0.1, -0.05) is 47.5 Å². The minimum absolute atomic E-state index is 0.201. The lowest BCUT2D eigenvalue weighted by Crippen LogP contribution is -2.22. The molecule has 5 nitrogen and oxygen atoms in total. The number of fused-ring (bicyclic) bond motifs is 1. The van der Waals surface area contributed by atoms with Crippen LogP contribution in [-0.2, 0) is 9.53 Å². The Morgan fingerprint density at radius 1 is 1.00 bits per heavy atom. The summed E-state index contributed by atoms with van der Waals surface area (Å²) in [6, 6.07) is 15.4. The monoisotopic (exact) mass is 403 g/mol. The summed E-state index contributed by atoms with van der Waals surface area (Å²) in [6.07, 6.45) is 0. The van der Waals surface area contributed by atoms with Crippen LogP contribution in [0.5, 0.6) is 5.75 Å². The molecule has 27 heavy (non-hydrogen) atoms. The van der Waals surface area contributed by atoms with Crippen molar-refractivity contribution in [3.8, 4) is 5.75 Å². The predicted octanol–water partition coefficient (Wildman–Crippen LogP) is 4.95. The van der Waals surface area contributed by atoms with Crippen molar-refractivity contribution < 1.29 is 19.1 Å². The Morgan fingerprint density at radius 2 is 1.74 bits per heavy atom. The zero-order valence-electron chi connectivity index (χ0n) is 14.3. The second-order valence-corrected chi connectivity index (χ2v) is 6.45. The molecule has 3 rings (SSSR count). The molecule has 0 aromatic heterocycles. The molecule has 0 fully saturated rings. The van der Waals surface area contributed by atoms with Gasteiger partial charge in [-0.25, -0.2) is 4.79 Å². The smallest absolute Gasteiger partial charge is 0.339 e. The van der Waals surface area contributed by atoms with Crippen molar-refractivity contribution in [3.63, 3.8) is 0 Å². The molecule has 0 radical (unpaired) electrons. The van der Waals surface area contributed by atoms with Crippen LogP contribution in [0.1, 0.15) is 10.4 Å². The highest BCUT2D eigenvalue weighted by atomic mass is 35.5. The second-order valence-electron chi connectivity index (χ2n) is 5.61. The summed E-state index contributed by atoms with van der Waals surface area (Å²) in [6.45, 7) is -0.251. The molecule has 0 aliphatic rings. The summed E-state index contributed by atoms with van der Waals surface area (Å²) in [5.74, 6) is -0.488. The van der Waals surface area contributed by atoms with E-state index in [1.165, 1.54) is 19.2 Å². The van der Waals surface area contributed by atoms with Crippen LogP contribution in [0.25, 0.3) is 10.8 Å². The fourth-order valence-corrected chi connectivity index (χ4v) is 3.00. The van der Waals surface area contributed by atoms with Crippen molar-refractivity contribution in [1.82, 2.24) is 0 Å². The predicted molar refractivity (Wildman–Crippen MR) is 106 cm³/mol. The van der Waals surface area contributed by atoms with Crippen LogP contribution >= 0.6 is 23.2 Å². The number of benzene rings is 3. The van der Waals surface area contributed by atoms with E-state index < -0.39 is 11.9 Å². The van der Waals surface area contributed by atoms with E-state index in [4.69, 9.17) is 32.7 Å². The first-order chi connectivity index (χ1) is 13.0. The number of halogens is 2. The molecule has 0 aliphatic carbocycles. The number of rotatable bonds is 5. The Bertz CT molecular complexity index is 1020. The van der Waals surface area contributed by atoms with Crippen LogP contribution in [0.2, 0.25) is 10.0 Å². The zero-order valence-corrected chi connectivity index (χ0v) is 15.8. The van der Waals surface area contributed by atoms with Gasteiger partial charge in [0.25, 0.3) is 5.91 Å². The fraction of sp³-hybridized carbons (Fsp3) is 0.100. The van der Waals surface area contributed by atoms with Crippen LogP contribution in [0, 0.1) is 0 Å². The van der Waals surface area contributed by atoms with E-state index >= 15 is 0 Å². The van der Waals surface area contributed by atoms with Gasteiger partial charge in [-0.2, -0.15) is 0 Å². The maximum absolute atomic E-state index is 12.3. The van der Waals surface area contributed by atoms with E-state index in [2.05, 4.69) is 5.32 Å². The standard InChI is InChI=1S/C20H15Cl2NO4/c1-26-20(25)15-7-6-12(21)10-17(15)23-19(24)11-27-18-9-8-16(22)13-4-2-3-5-14(13)18/h2-10H,11H2,1H3,(H,23,24). The molecule has 7 heteroatoms. The van der Waals surface area contributed by atoms with Gasteiger partial charge in [-0.05, 0) is 30.3 Å². The number of nitrogens with one attached hydrogen (secondary N) is 1. The summed E-state index contributed by atoms with van der Waals surface area (Å²) < 4.78 is 10.4. The Kier molecular flexibility index (Phi) is 5.84. The number of carbonyl (C=O) groups is 2. The lowest BCUT2D eigenvalue weighted by atomic mass is 10.1. The summed E-state index contributed by atoms with van der Waals surface area (Å²) in [5.41, 5.74) is 0.455. The minimum atomic E-state index is -0.577. The van der Waals surface area contributed by atoms with Crippen molar-refractivity contribution in [2.75, 3.05) is 19.0 Å². The molecule has 1 amide bonds. The molecule has 0 saturated heterocycles. The summed E-state index contributed by atoms with van der Waals surface area (Å²) in [5, 5.41) is 5.23. The number of hydrogen-bond acceptors (Lipinski definition) is 4. The van der Waals surface area contributed by atoms with E-state index in [1.54, 1.807) is 18.2 Å². The zero-order chi connectivity index (χ0) is 19.4. The molecule has 0 spiro atoms. The van der Waals surface area contributed by atoms with Crippen molar-refractivity contribution >= 4 is 51.5 Å². The van der Waals surface area contributed by atoms with Gasteiger partial charge in [0.05, 0.1) is 18.4 Å². The maximum atomic E-state index is 12.3. The fourth-order valence-electron chi connectivity index (χ4n) is 2.60. The summed E-state index contributed by atoms with van der Waals surface area (Å²) in [7, 11) is 1.26. The number of carbonyl (C=O) groups excluding carboxylic acids is 2. The number of esters is 1. The van der Waals surface area contributed by atoms with Crippen LogP contribution in [0.4, 0.5) is 5.69 Å². The SMILES string of the molecule is COC(=O)c1ccc(Cl)cc1NC(=O)COc1ccc(Cl)c2ccccc12. The minimum Gasteiger partial charge on any atom is -0.483 e. The van der Waals surface area contributed by atoms with Crippen LogP contribution in [-0.4, -0.2) is 25.6 Å². The van der Waals surface area contributed by atoms with E-state index in [-0.39, 0.29) is 17.9 Å². The van der Waals surface area contributed by atoms with Crippen LogP contribution in [0.3, 0.4) is 0 Å². The highest BCUT2D eigenvalue weighted by Crippen LogP contribution is 2.31. The molecule has 0 unspecified atom stereocenters. The van der Waals surface area contributed by atoms with E-state index in [0.717, 1.165) is 10.8 Å². The third kappa shape index (κ3) is 4.32. The number of ether oxygens (including phenoxy) is 2. The summed E-state index contributed by atoms with van der Waals surface area (Å²) >= 11 is 12.1. The Morgan fingerprint density at radius 3 is 2.48 bits per heavy atom. The number of methoxy groups -OCH3 is 1. The quantitative estimate of drug-likeness (QED) is 0.612. The third-order valence-corrected chi connectivity index (χ3v) is 4.42. The molecule has 0 saturated carbocycles. The van der Waals surface area contributed by atoms with Gasteiger partial charge in [0.1, 0.15) is 5.75 Å². The molecule has 0 atom stereocenters. The van der Waals surface area contributed by atoms with E-state index in [0.29, 0.717) is 15.8 Å². The van der Waals surface area contributed by atoms with Gasteiger partial charge in [-0.3, -0.25) is 4.79 Å². The number of hydrogen-bond donors (Lipinski definition) is 1. The molecule has 1 N–H and O–H groups in total. The Labute approximate surface area is 165 Å². The number of amides is 1. The molecule has 0 heterocycles.